The van der Waals surface area contributed by atoms with Crippen molar-refractivity contribution < 1.29 is 17.9 Å². The largest absolute Gasteiger partial charge is 0.497 e. The Labute approximate surface area is 193 Å². The number of hydrogen-bond donors (Lipinski definition) is 1. The van der Waals surface area contributed by atoms with Crippen molar-refractivity contribution in [1.29, 1.82) is 0 Å². The van der Waals surface area contributed by atoms with Crippen molar-refractivity contribution in [2.45, 2.75) is 32.6 Å². The molecular weight excluding hydrogens is 446 g/mol. The van der Waals surface area contributed by atoms with Crippen molar-refractivity contribution in [2.75, 3.05) is 25.5 Å². The number of sulfonamides is 1. The third kappa shape index (κ3) is 5.65. The van der Waals surface area contributed by atoms with Gasteiger partial charge in [0.1, 0.15) is 5.75 Å². The maximum absolute atomic E-state index is 13.1. The number of fused-ring (bicyclic) bond motifs is 1. The number of thiazole rings is 1. The van der Waals surface area contributed by atoms with Gasteiger partial charge in [0.2, 0.25) is 10.0 Å². The second-order valence-corrected chi connectivity index (χ2v) is 11.4. The van der Waals surface area contributed by atoms with Gasteiger partial charge in [-0.2, -0.15) is 4.31 Å². The summed E-state index contributed by atoms with van der Waals surface area (Å²) in [6.07, 6.45) is 0. The average molecular weight is 476 g/mol. The van der Waals surface area contributed by atoms with E-state index in [4.69, 9.17) is 4.74 Å². The molecule has 9 heteroatoms. The number of carbonyl (C=O) groups excluding carboxylic acids is 1. The molecule has 0 saturated carbocycles. The zero-order valence-corrected chi connectivity index (χ0v) is 20.6. The summed E-state index contributed by atoms with van der Waals surface area (Å²) in [4.78, 5) is 17.3. The quantitative estimate of drug-likeness (QED) is 0.477. The van der Waals surface area contributed by atoms with Gasteiger partial charge in [-0.1, -0.05) is 39.0 Å². The van der Waals surface area contributed by atoms with E-state index in [1.807, 2.05) is 45.9 Å². The van der Waals surface area contributed by atoms with Crippen molar-refractivity contribution in [3.63, 3.8) is 0 Å². The second-order valence-electron chi connectivity index (χ2n) is 8.44. The number of benzene rings is 2. The first-order valence-electron chi connectivity index (χ1n) is 10.5. The SMILES string of the molecule is COc1ccc2nc(NC(=O)c3ccc(S(=O)(=O)N(CC(C)C)CC(C)C)cc3)sc2c1. The van der Waals surface area contributed by atoms with E-state index >= 15 is 0 Å². The van der Waals surface area contributed by atoms with Gasteiger partial charge in [0.25, 0.3) is 5.91 Å². The molecule has 0 radical (unpaired) electrons. The fourth-order valence-corrected chi connectivity index (χ4v) is 5.92. The number of nitrogens with zero attached hydrogens (tertiary/aromatic N) is 2. The molecule has 3 rings (SSSR count). The zero-order valence-electron chi connectivity index (χ0n) is 19.0. The van der Waals surface area contributed by atoms with Gasteiger partial charge in [0, 0.05) is 18.7 Å². The fraction of sp³-hybridized carbons (Fsp3) is 0.391. The number of rotatable bonds is 9. The van der Waals surface area contributed by atoms with Crippen LogP contribution in [0.25, 0.3) is 10.2 Å². The van der Waals surface area contributed by atoms with Crippen molar-refractivity contribution in [1.82, 2.24) is 9.29 Å². The maximum Gasteiger partial charge on any atom is 0.257 e. The smallest absolute Gasteiger partial charge is 0.257 e. The van der Waals surface area contributed by atoms with Crippen LogP contribution < -0.4 is 10.1 Å². The molecule has 1 aromatic heterocycles. The van der Waals surface area contributed by atoms with Crippen LogP contribution in [0.15, 0.2) is 47.4 Å². The van der Waals surface area contributed by atoms with Gasteiger partial charge < -0.3 is 4.74 Å². The molecular formula is C23H29N3O4S2. The van der Waals surface area contributed by atoms with Crippen LogP contribution in [0.4, 0.5) is 5.13 Å². The molecule has 1 N–H and O–H groups in total. The van der Waals surface area contributed by atoms with Crippen LogP contribution >= 0.6 is 11.3 Å². The molecule has 172 valence electrons. The molecule has 0 bridgehead atoms. The highest BCUT2D eigenvalue weighted by atomic mass is 32.2. The molecule has 0 saturated heterocycles. The topological polar surface area (TPSA) is 88.6 Å². The van der Waals surface area contributed by atoms with Crippen molar-refractivity contribution in [2.24, 2.45) is 11.8 Å². The molecule has 0 aliphatic carbocycles. The van der Waals surface area contributed by atoms with Gasteiger partial charge in [-0.05, 0) is 54.3 Å². The minimum absolute atomic E-state index is 0.183. The molecule has 0 aliphatic rings. The highest BCUT2D eigenvalue weighted by Gasteiger charge is 2.26. The van der Waals surface area contributed by atoms with E-state index in [1.165, 1.54) is 39.9 Å². The van der Waals surface area contributed by atoms with Gasteiger partial charge in [-0.15, -0.1) is 0 Å². The Morgan fingerprint density at radius 3 is 2.25 bits per heavy atom. The molecule has 2 aromatic carbocycles. The summed E-state index contributed by atoms with van der Waals surface area (Å²) in [5.74, 6) is 0.797. The van der Waals surface area contributed by atoms with Gasteiger partial charge >= 0.3 is 0 Å². The minimum atomic E-state index is -3.64. The van der Waals surface area contributed by atoms with E-state index in [0.29, 0.717) is 23.8 Å². The molecule has 3 aromatic rings. The number of aromatic nitrogens is 1. The van der Waals surface area contributed by atoms with E-state index in [0.717, 1.165) is 16.0 Å². The summed E-state index contributed by atoms with van der Waals surface area (Å²) in [6, 6.07) is 11.5. The van der Waals surface area contributed by atoms with Crippen LogP contribution in [0, 0.1) is 11.8 Å². The number of hydrogen-bond acceptors (Lipinski definition) is 6. The molecule has 0 spiro atoms. The Bertz CT molecular complexity index is 1180. The van der Waals surface area contributed by atoms with E-state index < -0.39 is 10.0 Å². The summed E-state index contributed by atoms with van der Waals surface area (Å²) < 4.78 is 33.9. The van der Waals surface area contributed by atoms with Crippen LogP contribution in [-0.4, -0.2) is 43.8 Å². The predicted octanol–water partition coefficient (Wildman–Crippen LogP) is 4.86. The van der Waals surface area contributed by atoms with E-state index in [2.05, 4.69) is 10.3 Å². The Kier molecular flexibility index (Phi) is 7.53. The van der Waals surface area contributed by atoms with Crippen molar-refractivity contribution in [3.05, 3.63) is 48.0 Å². The Morgan fingerprint density at radius 2 is 1.69 bits per heavy atom. The fourth-order valence-electron chi connectivity index (χ4n) is 3.27. The number of ether oxygens (including phenoxy) is 1. The lowest BCUT2D eigenvalue weighted by atomic mass is 10.2. The van der Waals surface area contributed by atoms with Crippen LogP contribution in [0.5, 0.6) is 5.75 Å². The molecule has 0 unspecified atom stereocenters. The first-order valence-corrected chi connectivity index (χ1v) is 12.7. The normalized spacial score (nSPS) is 12.1. The monoisotopic (exact) mass is 475 g/mol. The third-order valence-corrected chi connectivity index (χ3v) is 7.49. The van der Waals surface area contributed by atoms with Gasteiger partial charge in [0.05, 0.1) is 22.2 Å². The molecule has 32 heavy (non-hydrogen) atoms. The minimum Gasteiger partial charge on any atom is -0.497 e. The van der Waals surface area contributed by atoms with Crippen molar-refractivity contribution in [3.8, 4) is 5.75 Å². The van der Waals surface area contributed by atoms with Crippen LogP contribution in [-0.2, 0) is 10.0 Å². The standard InChI is InChI=1S/C23H29N3O4S2/c1-15(2)13-26(14-16(3)4)32(28,29)19-9-6-17(7-10-19)22(27)25-23-24-20-11-8-18(30-5)12-21(20)31-23/h6-12,15-16H,13-14H2,1-5H3,(H,24,25,27). The van der Waals surface area contributed by atoms with E-state index in [1.54, 1.807) is 7.11 Å². The van der Waals surface area contributed by atoms with Crippen molar-refractivity contribution >= 4 is 42.6 Å². The van der Waals surface area contributed by atoms with Crippen LogP contribution in [0.3, 0.4) is 0 Å². The molecule has 1 amide bonds. The van der Waals surface area contributed by atoms with Gasteiger partial charge in [0.15, 0.2) is 5.13 Å². The number of amides is 1. The zero-order chi connectivity index (χ0) is 23.5. The number of nitrogens with one attached hydrogen (secondary N) is 1. The molecule has 1 heterocycles. The summed E-state index contributed by atoms with van der Waals surface area (Å²) in [6.45, 7) is 8.88. The highest BCUT2D eigenvalue weighted by Crippen LogP contribution is 2.29. The number of carbonyl (C=O) groups is 1. The molecule has 0 aliphatic heterocycles. The number of methoxy groups -OCH3 is 1. The van der Waals surface area contributed by atoms with E-state index in [-0.39, 0.29) is 22.6 Å². The predicted molar refractivity (Wildman–Crippen MR) is 129 cm³/mol. The van der Waals surface area contributed by atoms with Crippen LogP contribution in [0.2, 0.25) is 0 Å². The van der Waals surface area contributed by atoms with Gasteiger partial charge in [-0.3, -0.25) is 10.1 Å². The first-order chi connectivity index (χ1) is 15.1. The second kappa shape index (κ2) is 9.97. The summed E-state index contributed by atoms with van der Waals surface area (Å²) >= 11 is 1.35. The summed E-state index contributed by atoms with van der Waals surface area (Å²) in [5, 5.41) is 3.25. The lowest BCUT2D eigenvalue weighted by Crippen LogP contribution is -2.37. The Balaban J connectivity index is 1.77. The highest BCUT2D eigenvalue weighted by molar-refractivity contribution is 7.89. The molecule has 7 nitrogen and oxygen atoms in total. The molecule has 0 fully saturated rings. The summed E-state index contributed by atoms with van der Waals surface area (Å²) in [7, 11) is -2.04. The first kappa shape index (κ1) is 24.2. The maximum atomic E-state index is 13.1. The number of anilines is 1. The lowest BCUT2D eigenvalue weighted by Gasteiger charge is -2.25. The average Bonchev–Trinajstić information content (AvgIpc) is 3.13. The third-order valence-electron chi connectivity index (χ3n) is 4.71. The lowest BCUT2D eigenvalue weighted by molar-refractivity contribution is 0.102. The van der Waals surface area contributed by atoms with Crippen LogP contribution in [0.1, 0.15) is 38.1 Å². The summed E-state index contributed by atoms with van der Waals surface area (Å²) in [5.41, 5.74) is 1.13. The molecule has 0 atom stereocenters. The Hall–Kier alpha value is -2.49. The Morgan fingerprint density at radius 1 is 1.06 bits per heavy atom. The van der Waals surface area contributed by atoms with Gasteiger partial charge in [-0.25, -0.2) is 13.4 Å². The van der Waals surface area contributed by atoms with E-state index in [9.17, 15) is 13.2 Å².